The summed E-state index contributed by atoms with van der Waals surface area (Å²) < 4.78 is 11.2. The predicted octanol–water partition coefficient (Wildman–Crippen LogP) is 3.05. The zero-order valence-corrected chi connectivity index (χ0v) is 17.0. The van der Waals surface area contributed by atoms with E-state index in [1.165, 1.54) is 0 Å². The van der Waals surface area contributed by atoms with Gasteiger partial charge < -0.3 is 19.6 Å². The molecule has 0 fully saturated rings. The predicted molar refractivity (Wildman–Crippen MR) is 108 cm³/mol. The van der Waals surface area contributed by atoms with Crippen LogP contribution < -0.4 is 15.7 Å². The molecule has 2 N–H and O–H groups in total. The Labute approximate surface area is 169 Å². The Bertz CT molecular complexity index is 979. The molecule has 1 aliphatic rings. The van der Waals surface area contributed by atoms with Crippen molar-refractivity contribution in [2.45, 2.75) is 65.0 Å². The van der Waals surface area contributed by atoms with E-state index in [-0.39, 0.29) is 11.5 Å². The highest BCUT2D eigenvalue weighted by molar-refractivity contribution is 5.87. The summed E-state index contributed by atoms with van der Waals surface area (Å²) >= 11 is 0. The van der Waals surface area contributed by atoms with E-state index >= 15 is 0 Å². The number of carboxylic acids is 1. The third-order valence-electron chi connectivity index (χ3n) is 5.65. The van der Waals surface area contributed by atoms with Gasteiger partial charge in [-0.2, -0.15) is 0 Å². The van der Waals surface area contributed by atoms with Gasteiger partial charge in [-0.15, -0.1) is 0 Å². The molecule has 3 atom stereocenters. The largest absolute Gasteiger partial charge is 0.481 e. The Morgan fingerprint density at radius 3 is 2.55 bits per heavy atom. The van der Waals surface area contributed by atoms with Gasteiger partial charge in [-0.05, 0) is 56.2 Å². The van der Waals surface area contributed by atoms with Crippen LogP contribution in [0.1, 0.15) is 51.2 Å². The number of hydrogen-bond donors (Lipinski definition) is 2. The van der Waals surface area contributed by atoms with Gasteiger partial charge in [-0.1, -0.05) is 20.3 Å². The molecule has 1 aliphatic carbocycles. The quantitative estimate of drug-likeness (QED) is 0.691. The lowest BCUT2D eigenvalue weighted by Crippen LogP contribution is -2.49. The average Bonchev–Trinajstić information content (AvgIpc) is 2.71. The number of fused-ring (bicyclic) bond motifs is 3. The second-order valence-corrected chi connectivity index (χ2v) is 7.68. The SMILES string of the molecule is CC[C@H](C)[C@H](NC(=O)[C@@H](C)Oc1ccc2c3c(c(=O)oc2c1)CCCC3)C(=O)O. The Balaban J connectivity index is 1.78. The van der Waals surface area contributed by atoms with Crippen molar-refractivity contribution < 1.29 is 23.8 Å². The highest BCUT2D eigenvalue weighted by Crippen LogP contribution is 2.29. The Hall–Kier alpha value is -2.83. The summed E-state index contributed by atoms with van der Waals surface area (Å²) in [4.78, 5) is 36.1. The van der Waals surface area contributed by atoms with Crippen LogP contribution in [0, 0.1) is 5.92 Å². The summed E-state index contributed by atoms with van der Waals surface area (Å²) in [5.41, 5.74) is 1.92. The number of amides is 1. The number of ether oxygens (including phenoxy) is 1. The molecule has 1 heterocycles. The molecular weight excluding hydrogens is 374 g/mol. The van der Waals surface area contributed by atoms with Crippen LogP contribution in [0.25, 0.3) is 11.0 Å². The minimum Gasteiger partial charge on any atom is -0.481 e. The summed E-state index contributed by atoms with van der Waals surface area (Å²) in [5, 5.41) is 12.8. The van der Waals surface area contributed by atoms with Crippen molar-refractivity contribution in [1.82, 2.24) is 5.32 Å². The van der Waals surface area contributed by atoms with E-state index in [4.69, 9.17) is 9.15 Å². The van der Waals surface area contributed by atoms with Gasteiger partial charge in [0, 0.05) is 17.0 Å². The lowest BCUT2D eigenvalue weighted by Gasteiger charge is -2.22. The zero-order valence-electron chi connectivity index (χ0n) is 17.0. The number of carbonyl (C=O) groups excluding carboxylic acids is 1. The monoisotopic (exact) mass is 401 g/mol. The Morgan fingerprint density at radius 2 is 1.90 bits per heavy atom. The normalized spacial score (nSPS) is 16.5. The van der Waals surface area contributed by atoms with Gasteiger partial charge in [0.1, 0.15) is 17.4 Å². The third kappa shape index (κ3) is 4.44. The molecule has 0 unspecified atom stereocenters. The molecule has 7 heteroatoms. The van der Waals surface area contributed by atoms with E-state index < -0.39 is 24.0 Å². The van der Waals surface area contributed by atoms with Crippen LogP contribution in [0.3, 0.4) is 0 Å². The van der Waals surface area contributed by atoms with Crippen LogP contribution in [0.15, 0.2) is 27.4 Å². The number of nitrogens with one attached hydrogen (secondary N) is 1. The van der Waals surface area contributed by atoms with E-state index in [1.54, 1.807) is 26.0 Å². The molecule has 0 radical (unpaired) electrons. The molecule has 29 heavy (non-hydrogen) atoms. The van der Waals surface area contributed by atoms with Crippen molar-refractivity contribution >= 4 is 22.8 Å². The first-order valence-corrected chi connectivity index (χ1v) is 10.1. The maximum Gasteiger partial charge on any atom is 0.339 e. The molecule has 1 aromatic carbocycles. The summed E-state index contributed by atoms with van der Waals surface area (Å²) in [6.07, 6.45) is 3.35. The Kier molecular flexibility index (Phi) is 6.25. The highest BCUT2D eigenvalue weighted by atomic mass is 16.5. The number of hydrogen-bond acceptors (Lipinski definition) is 5. The van der Waals surface area contributed by atoms with Crippen LogP contribution in [0.2, 0.25) is 0 Å². The van der Waals surface area contributed by atoms with E-state index in [2.05, 4.69) is 5.32 Å². The molecule has 3 rings (SSSR count). The van der Waals surface area contributed by atoms with Crippen molar-refractivity contribution in [3.8, 4) is 5.75 Å². The average molecular weight is 401 g/mol. The third-order valence-corrected chi connectivity index (χ3v) is 5.65. The number of aliphatic carboxylic acids is 1. The first kappa shape index (κ1) is 20.9. The van der Waals surface area contributed by atoms with Gasteiger partial charge in [-0.25, -0.2) is 9.59 Å². The van der Waals surface area contributed by atoms with E-state index in [0.717, 1.165) is 42.2 Å². The fourth-order valence-electron chi connectivity index (χ4n) is 3.71. The molecule has 0 bridgehead atoms. The fourth-order valence-corrected chi connectivity index (χ4v) is 3.71. The van der Waals surface area contributed by atoms with Gasteiger partial charge in [0.25, 0.3) is 5.91 Å². The number of carboxylic acid groups (broad SMARTS) is 1. The second kappa shape index (κ2) is 8.68. The molecule has 7 nitrogen and oxygen atoms in total. The van der Waals surface area contributed by atoms with Gasteiger partial charge in [0.05, 0.1) is 0 Å². The lowest BCUT2D eigenvalue weighted by atomic mass is 9.91. The molecular formula is C22H27NO6. The summed E-state index contributed by atoms with van der Waals surface area (Å²) in [6.45, 7) is 5.20. The van der Waals surface area contributed by atoms with Gasteiger partial charge in [0.2, 0.25) is 0 Å². The first-order chi connectivity index (χ1) is 13.8. The first-order valence-electron chi connectivity index (χ1n) is 10.1. The number of aryl methyl sites for hydroxylation is 1. The smallest absolute Gasteiger partial charge is 0.339 e. The van der Waals surface area contributed by atoms with Crippen molar-refractivity contribution in [1.29, 1.82) is 0 Å². The summed E-state index contributed by atoms with van der Waals surface area (Å²) in [7, 11) is 0. The van der Waals surface area contributed by atoms with Crippen LogP contribution in [0.4, 0.5) is 0 Å². The summed E-state index contributed by atoms with van der Waals surface area (Å²) in [6, 6.07) is 4.23. The molecule has 1 aromatic heterocycles. The van der Waals surface area contributed by atoms with E-state index in [9.17, 15) is 19.5 Å². The molecule has 0 saturated heterocycles. The molecule has 2 aromatic rings. The van der Waals surface area contributed by atoms with Crippen LogP contribution in [-0.4, -0.2) is 29.1 Å². The molecule has 0 aliphatic heterocycles. The summed E-state index contributed by atoms with van der Waals surface area (Å²) in [5.74, 6) is -1.40. The van der Waals surface area contributed by atoms with Crippen molar-refractivity contribution in [2.75, 3.05) is 0 Å². The zero-order chi connectivity index (χ0) is 21.1. The van der Waals surface area contributed by atoms with Gasteiger partial charge in [0.15, 0.2) is 6.10 Å². The highest BCUT2D eigenvalue weighted by Gasteiger charge is 2.28. The van der Waals surface area contributed by atoms with Crippen molar-refractivity contribution in [2.24, 2.45) is 5.92 Å². The maximum absolute atomic E-state index is 12.4. The van der Waals surface area contributed by atoms with E-state index in [1.807, 2.05) is 13.0 Å². The standard InChI is InChI=1S/C22H27NO6/c1-4-12(2)19(21(25)26)23-20(24)13(3)28-14-9-10-16-15-7-5-6-8-17(15)22(27)29-18(16)11-14/h9-13,19H,4-8H2,1-3H3,(H,23,24)(H,25,26)/t12-,13+,19-/m0/s1. The van der Waals surface area contributed by atoms with E-state index in [0.29, 0.717) is 17.8 Å². The van der Waals surface area contributed by atoms with Crippen LogP contribution in [0.5, 0.6) is 5.75 Å². The molecule has 156 valence electrons. The lowest BCUT2D eigenvalue weighted by molar-refractivity contribution is -0.144. The topological polar surface area (TPSA) is 106 Å². The van der Waals surface area contributed by atoms with Crippen LogP contribution in [-0.2, 0) is 22.4 Å². The minimum atomic E-state index is -1.07. The number of carbonyl (C=O) groups is 2. The molecule has 0 saturated carbocycles. The van der Waals surface area contributed by atoms with Gasteiger partial charge in [-0.3, -0.25) is 4.79 Å². The minimum absolute atomic E-state index is 0.204. The number of benzene rings is 1. The van der Waals surface area contributed by atoms with Crippen LogP contribution >= 0.6 is 0 Å². The molecule has 0 spiro atoms. The van der Waals surface area contributed by atoms with Crippen molar-refractivity contribution in [3.63, 3.8) is 0 Å². The fraction of sp³-hybridized carbons (Fsp3) is 0.500. The maximum atomic E-state index is 12.4. The number of rotatable bonds is 7. The second-order valence-electron chi connectivity index (χ2n) is 7.68. The van der Waals surface area contributed by atoms with Crippen molar-refractivity contribution in [3.05, 3.63) is 39.7 Å². The Morgan fingerprint density at radius 1 is 1.21 bits per heavy atom. The molecule has 1 amide bonds. The van der Waals surface area contributed by atoms with Gasteiger partial charge >= 0.3 is 11.6 Å².